The second-order valence-corrected chi connectivity index (χ2v) is 9.86. The van der Waals surface area contributed by atoms with Crippen molar-refractivity contribution >= 4 is 84.4 Å². The number of carbonyl (C=O) groups excluding carboxylic acids is 1. The van der Waals surface area contributed by atoms with E-state index in [0.29, 0.717) is 46.2 Å². The largest absolute Gasteiger partial charge is 0.456 e. The van der Waals surface area contributed by atoms with Crippen molar-refractivity contribution in [2.45, 2.75) is 19.3 Å². The van der Waals surface area contributed by atoms with Crippen LogP contribution in [0.5, 0.6) is 0 Å². The first-order chi connectivity index (χ1) is 17.9. The number of anilines is 2. The van der Waals surface area contributed by atoms with E-state index in [1.807, 2.05) is 66.7 Å². The molecule has 0 fully saturated rings. The van der Waals surface area contributed by atoms with Gasteiger partial charge in [0, 0.05) is 62.2 Å². The van der Waals surface area contributed by atoms with Crippen molar-refractivity contribution in [3.63, 3.8) is 0 Å². The molecule has 2 N–H and O–H groups in total. The summed E-state index contributed by atoms with van der Waals surface area (Å²) in [5, 5.41) is 11.2. The van der Waals surface area contributed by atoms with Gasteiger partial charge >= 0.3 is 0 Å². The minimum atomic E-state index is -0.0532. The van der Waals surface area contributed by atoms with Gasteiger partial charge in [0.2, 0.25) is 5.91 Å². The number of hydrogen-bond donors (Lipinski definition) is 2. The van der Waals surface area contributed by atoms with Crippen molar-refractivity contribution in [3.05, 3.63) is 95.1 Å². The highest BCUT2D eigenvalue weighted by Gasteiger charge is 2.13. The monoisotopic (exact) mass is 528 g/mol. The van der Waals surface area contributed by atoms with Crippen LogP contribution in [0.2, 0.25) is 10.0 Å². The third-order valence-electron chi connectivity index (χ3n) is 6.36. The molecule has 6 aromatic rings. The van der Waals surface area contributed by atoms with Crippen LogP contribution in [-0.2, 0) is 4.79 Å². The van der Waals surface area contributed by atoms with Gasteiger partial charge in [-0.2, -0.15) is 0 Å². The lowest BCUT2D eigenvalue weighted by atomic mass is 10.1. The van der Waals surface area contributed by atoms with Crippen molar-refractivity contribution in [2.24, 2.45) is 0 Å². The molecule has 0 aliphatic carbocycles. The first-order valence-electron chi connectivity index (χ1n) is 11.9. The van der Waals surface area contributed by atoms with Crippen molar-refractivity contribution in [3.8, 4) is 0 Å². The lowest BCUT2D eigenvalue weighted by molar-refractivity contribution is -0.116. The van der Waals surface area contributed by atoms with E-state index in [4.69, 9.17) is 32.0 Å². The standard InChI is InChI=1S/C30H22Cl2N2O3/c1-17(33-19-9-12-23-24-13-18(31)14-25(32)30(24)37-28(23)15-19)5-4-8-29(35)34-20-10-11-22-21-6-2-3-7-26(21)36-27(22)16-20/h2-3,6-7,9-16,33H,1,4-5,8H2,(H,34,35). The van der Waals surface area contributed by atoms with E-state index in [0.717, 1.165) is 44.1 Å². The van der Waals surface area contributed by atoms with Crippen LogP contribution in [0.25, 0.3) is 43.9 Å². The number of fused-ring (bicyclic) bond motifs is 6. The summed E-state index contributed by atoms with van der Waals surface area (Å²) in [5.41, 5.74) is 5.28. The summed E-state index contributed by atoms with van der Waals surface area (Å²) in [7, 11) is 0. The molecule has 37 heavy (non-hydrogen) atoms. The zero-order valence-corrected chi connectivity index (χ0v) is 21.2. The second-order valence-electron chi connectivity index (χ2n) is 9.02. The first-order valence-corrected chi connectivity index (χ1v) is 12.7. The number of nitrogens with one attached hydrogen (secondary N) is 2. The number of rotatable bonds is 7. The molecule has 0 atom stereocenters. The maximum atomic E-state index is 12.5. The van der Waals surface area contributed by atoms with E-state index >= 15 is 0 Å². The Morgan fingerprint density at radius 2 is 1.41 bits per heavy atom. The van der Waals surface area contributed by atoms with Gasteiger partial charge in [-0.1, -0.05) is 48.0 Å². The average molecular weight is 529 g/mol. The number of hydrogen-bond acceptors (Lipinski definition) is 4. The van der Waals surface area contributed by atoms with Gasteiger partial charge in [0.05, 0.1) is 5.02 Å². The molecule has 5 nitrogen and oxygen atoms in total. The van der Waals surface area contributed by atoms with Crippen LogP contribution in [-0.4, -0.2) is 5.91 Å². The lowest BCUT2D eigenvalue weighted by Crippen LogP contribution is -2.11. The molecule has 184 valence electrons. The van der Waals surface area contributed by atoms with Crippen LogP contribution < -0.4 is 10.6 Å². The Bertz CT molecular complexity index is 1830. The topological polar surface area (TPSA) is 67.4 Å². The maximum absolute atomic E-state index is 12.5. The van der Waals surface area contributed by atoms with Crippen molar-refractivity contribution < 1.29 is 13.6 Å². The van der Waals surface area contributed by atoms with Gasteiger partial charge in [0.15, 0.2) is 5.58 Å². The summed E-state index contributed by atoms with van der Waals surface area (Å²) in [4.78, 5) is 12.5. The molecule has 2 aromatic heterocycles. The fourth-order valence-electron chi connectivity index (χ4n) is 4.64. The zero-order chi connectivity index (χ0) is 25.5. The number of amides is 1. The summed E-state index contributed by atoms with van der Waals surface area (Å²) < 4.78 is 11.9. The summed E-state index contributed by atoms with van der Waals surface area (Å²) in [6, 6.07) is 23.0. The van der Waals surface area contributed by atoms with E-state index in [-0.39, 0.29) is 5.91 Å². The minimum absolute atomic E-state index is 0.0532. The fraction of sp³-hybridized carbons (Fsp3) is 0.100. The zero-order valence-electron chi connectivity index (χ0n) is 19.7. The van der Waals surface area contributed by atoms with Gasteiger partial charge in [-0.15, -0.1) is 0 Å². The number of para-hydroxylation sites is 1. The predicted molar refractivity (Wildman–Crippen MR) is 153 cm³/mol. The number of allylic oxidation sites excluding steroid dienone is 1. The van der Waals surface area contributed by atoms with Gasteiger partial charge in [0.1, 0.15) is 16.7 Å². The Labute approximate surface area is 222 Å². The highest BCUT2D eigenvalue weighted by Crippen LogP contribution is 2.37. The molecule has 0 radical (unpaired) electrons. The Balaban J connectivity index is 1.05. The third kappa shape index (κ3) is 4.64. The van der Waals surface area contributed by atoms with Gasteiger partial charge in [-0.05, 0) is 55.3 Å². The molecule has 0 saturated heterocycles. The van der Waals surface area contributed by atoms with E-state index in [1.165, 1.54) is 0 Å². The number of carbonyl (C=O) groups is 1. The molecule has 7 heteroatoms. The summed E-state index contributed by atoms with van der Waals surface area (Å²) >= 11 is 12.4. The molecule has 4 aromatic carbocycles. The molecule has 0 spiro atoms. The normalized spacial score (nSPS) is 11.5. The van der Waals surface area contributed by atoms with Crippen molar-refractivity contribution in [1.29, 1.82) is 0 Å². The van der Waals surface area contributed by atoms with E-state index in [2.05, 4.69) is 17.2 Å². The van der Waals surface area contributed by atoms with Gasteiger partial charge in [-0.25, -0.2) is 0 Å². The molecule has 0 unspecified atom stereocenters. The van der Waals surface area contributed by atoms with Crippen LogP contribution in [0.15, 0.2) is 93.9 Å². The minimum Gasteiger partial charge on any atom is -0.456 e. The number of benzene rings is 4. The molecule has 0 aliphatic heterocycles. The SMILES string of the molecule is C=C(CCCC(=O)Nc1ccc2c(c1)oc1ccccc12)Nc1ccc2c(c1)oc1c(Cl)cc(Cl)cc12. The number of halogens is 2. The highest BCUT2D eigenvalue weighted by molar-refractivity contribution is 6.39. The summed E-state index contributed by atoms with van der Waals surface area (Å²) in [6.07, 6.45) is 1.68. The van der Waals surface area contributed by atoms with Crippen LogP contribution >= 0.6 is 23.2 Å². The number of furan rings is 2. The third-order valence-corrected chi connectivity index (χ3v) is 6.86. The smallest absolute Gasteiger partial charge is 0.224 e. The van der Waals surface area contributed by atoms with Crippen LogP contribution in [0, 0.1) is 0 Å². The molecule has 6 rings (SSSR count). The molecule has 0 bridgehead atoms. The quantitative estimate of drug-likeness (QED) is 0.216. The Morgan fingerprint density at radius 1 is 0.730 bits per heavy atom. The Kier molecular flexibility index (Phi) is 6.03. The summed E-state index contributed by atoms with van der Waals surface area (Å²) in [6.45, 7) is 4.11. The van der Waals surface area contributed by atoms with Crippen LogP contribution in [0.3, 0.4) is 0 Å². The average Bonchev–Trinajstić information content (AvgIpc) is 3.41. The lowest BCUT2D eigenvalue weighted by Gasteiger charge is -2.10. The van der Waals surface area contributed by atoms with Gasteiger partial charge in [-0.3, -0.25) is 4.79 Å². The van der Waals surface area contributed by atoms with Crippen molar-refractivity contribution in [1.82, 2.24) is 0 Å². The van der Waals surface area contributed by atoms with E-state index < -0.39 is 0 Å². The first kappa shape index (κ1) is 23.5. The Hall–Kier alpha value is -3.93. The molecule has 0 saturated carbocycles. The van der Waals surface area contributed by atoms with Crippen LogP contribution in [0.1, 0.15) is 19.3 Å². The van der Waals surface area contributed by atoms with E-state index in [1.54, 1.807) is 6.07 Å². The molecule has 0 aliphatic rings. The predicted octanol–water partition coefficient (Wildman–Crippen LogP) is 9.53. The Morgan fingerprint density at radius 3 is 2.22 bits per heavy atom. The second kappa shape index (κ2) is 9.51. The van der Waals surface area contributed by atoms with E-state index in [9.17, 15) is 4.79 Å². The molecule has 2 heterocycles. The molecular weight excluding hydrogens is 507 g/mol. The van der Waals surface area contributed by atoms with Crippen LogP contribution in [0.4, 0.5) is 11.4 Å². The highest BCUT2D eigenvalue weighted by atomic mass is 35.5. The molecule has 1 amide bonds. The van der Waals surface area contributed by atoms with Crippen molar-refractivity contribution in [2.75, 3.05) is 10.6 Å². The maximum Gasteiger partial charge on any atom is 0.224 e. The summed E-state index contributed by atoms with van der Waals surface area (Å²) in [5.74, 6) is -0.0532. The fourth-order valence-corrected chi connectivity index (χ4v) is 5.17. The van der Waals surface area contributed by atoms with Gasteiger partial charge < -0.3 is 19.5 Å². The molecular formula is C30H22Cl2N2O3. The van der Waals surface area contributed by atoms with Gasteiger partial charge in [0.25, 0.3) is 0 Å².